The third kappa shape index (κ3) is 5.09. The maximum absolute atomic E-state index is 12.3. The molecule has 0 fully saturated rings. The number of nitrogens with zero attached hydrogens (tertiary/aromatic N) is 1. The zero-order valence-corrected chi connectivity index (χ0v) is 21.3. The van der Waals surface area contributed by atoms with Gasteiger partial charge in [0.25, 0.3) is 0 Å². The van der Waals surface area contributed by atoms with Gasteiger partial charge in [-0.25, -0.2) is 9.79 Å². The molecule has 3 aromatic carbocycles. The maximum atomic E-state index is 12.3. The molecule has 0 radical (unpaired) electrons. The van der Waals surface area contributed by atoms with Crippen molar-refractivity contribution in [3.8, 4) is 5.75 Å². The Hall–Kier alpha value is -2.12. The van der Waals surface area contributed by atoms with Gasteiger partial charge >= 0.3 is 5.97 Å². The largest absolute Gasteiger partial charge is 0.487 e. The summed E-state index contributed by atoms with van der Waals surface area (Å²) in [6.07, 6.45) is 1.67. The van der Waals surface area contributed by atoms with Gasteiger partial charge in [-0.05, 0) is 91.9 Å². The lowest BCUT2D eigenvalue weighted by Gasteiger charge is -2.12. The predicted molar refractivity (Wildman–Crippen MR) is 134 cm³/mol. The van der Waals surface area contributed by atoms with Crippen LogP contribution in [0.25, 0.3) is 6.08 Å². The number of carbonyl (C=O) groups excluding carboxylic acids is 1. The summed E-state index contributed by atoms with van der Waals surface area (Å²) < 4.78 is 12.8. The van der Waals surface area contributed by atoms with Crippen LogP contribution >= 0.6 is 55.1 Å². The quantitative estimate of drug-likeness (QED) is 0.224. The summed E-state index contributed by atoms with van der Waals surface area (Å²) in [6.45, 7) is 2.25. The van der Waals surface area contributed by atoms with Gasteiger partial charge in [-0.1, -0.05) is 47.5 Å². The molecule has 32 heavy (non-hydrogen) atoms. The second-order valence-electron chi connectivity index (χ2n) is 7.00. The number of hydrogen-bond acceptors (Lipinski definition) is 4. The molecule has 162 valence electrons. The summed E-state index contributed by atoms with van der Waals surface area (Å²) in [5.74, 6) is 0.436. The number of carbonyl (C=O) groups is 1. The second kappa shape index (κ2) is 9.79. The molecule has 0 spiro atoms. The van der Waals surface area contributed by atoms with Crippen molar-refractivity contribution in [3.05, 3.63) is 102 Å². The van der Waals surface area contributed by atoms with Crippen molar-refractivity contribution < 1.29 is 14.3 Å². The van der Waals surface area contributed by atoms with Gasteiger partial charge in [0, 0.05) is 5.56 Å². The first-order valence-corrected chi connectivity index (χ1v) is 11.8. The Morgan fingerprint density at radius 3 is 2.44 bits per heavy atom. The van der Waals surface area contributed by atoms with Crippen LogP contribution in [-0.4, -0.2) is 11.9 Å². The number of rotatable bonds is 5. The van der Waals surface area contributed by atoms with E-state index >= 15 is 0 Å². The highest BCUT2D eigenvalue weighted by Crippen LogP contribution is 2.36. The third-order valence-corrected chi connectivity index (χ3v) is 6.60. The Morgan fingerprint density at radius 1 is 1.03 bits per heavy atom. The van der Waals surface area contributed by atoms with Crippen molar-refractivity contribution in [1.82, 2.24) is 0 Å². The van der Waals surface area contributed by atoms with E-state index < -0.39 is 5.97 Å². The van der Waals surface area contributed by atoms with Crippen LogP contribution in [0.1, 0.15) is 22.3 Å². The van der Waals surface area contributed by atoms with Crippen molar-refractivity contribution in [2.75, 3.05) is 0 Å². The highest BCUT2D eigenvalue weighted by Gasteiger charge is 2.25. The lowest BCUT2D eigenvalue weighted by Crippen LogP contribution is -2.06. The van der Waals surface area contributed by atoms with Crippen LogP contribution in [0.3, 0.4) is 0 Å². The number of esters is 1. The normalized spacial score (nSPS) is 14.5. The molecule has 1 aliphatic heterocycles. The highest BCUT2D eigenvalue weighted by molar-refractivity contribution is 9.11. The summed E-state index contributed by atoms with van der Waals surface area (Å²) in [5, 5.41) is 0.968. The minimum absolute atomic E-state index is 0.228. The standard InChI is InChI=1S/C24H15Br2Cl2NO3/c1-13-4-2-3-5-16(13)23-29-21(24(30)32-23)11-15-8-17(25)22(18(26)9-15)31-12-14-6-7-19(27)20(28)10-14/h2-11H,12H2,1H3/b21-11-. The van der Waals surface area contributed by atoms with Crippen LogP contribution in [0.15, 0.2) is 74.2 Å². The monoisotopic (exact) mass is 593 g/mol. The molecule has 8 heteroatoms. The Bertz CT molecular complexity index is 1260. The summed E-state index contributed by atoms with van der Waals surface area (Å²) in [5.41, 5.74) is 3.64. The van der Waals surface area contributed by atoms with Crippen molar-refractivity contribution in [1.29, 1.82) is 0 Å². The van der Waals surface area contributed by atoms with Gasteiger partial charge in [0.2, 0.25) is 5.90 Å². The van der Waals surface area contributed by atoms with Crippen LogP contribution < -0.4 is 4.74 Å². The van der Waals surface area contributed by atoms with E-state index in [1.54, 1.807) is 18.2 Å². The van der Waals surface area contributed by atoms with Crippen molar-refractivity contribution in [3.63, 3.8) is 0 Å². The minimum Gasteiger partial charge on any atom is -0.487 e. The van der Waals surface area contributed by atoms with E-state index in [2.05, 4.69) is 36.9 Å². The van der Waals surface area contributed by atoms with E-state index in [1.165, 1.54) is 0 Å². The average molecular weight is 596 g/mol. The van der Waals surface area contributed by atoms with Gasteiger partial charge < -0.3 is 9.47 Å². The lowest BCUT2D eigenvalue weighted by molar-refractivity contribution is -0.129. The maximum Gasteiger partial charge on any atom is 0.363 e. The molecule has 0 saturated carbocycles. The molecule has 0 aromatic heterocycles. The molecule has 1 aliphatic rings. The van der Waals surface area contributed by atoms with Crippen LogP contribution in [0.4, 0.5) is 0 Å². The second-order valence-corrected chi connectivity index (χ2v) is 9.52. The van der Waals surface area contributed by atoms with E-state index in [1.807, 2.05) is 49.4 Å². The highest BCUT2D eigenvalue weighted by atomic mass is 79.9. The topological polar surface area (TPSA) is 47.9 Å². The van der Waals surface area contributed by atoms with Gasteiger partial charge in [-0.2, -0.15) is 0 Å². The number of aliphatic imine (C=N–C) groups is 1. The Balaban J connectivity index is 1.56. The molecular weight excluding hydrogens is 581 g/mol. The van der Waals surface area contributed by atoms with Crippen LogP contribution in [0.2, 0.25) is 10.0 Å². The van der Waals surface area contributed by atoms with E-state index in [4.69, 9.17) is 32.7 Å². The van der Waals surface area contributed by atoms with Gasteiger partial charge in [-0.3, -0.25) is 0 Å². The summed E-state index contributed by atoms with van der Waals surface area (Å²) in [6, 6.07) is 16.7. The first-order chi connectivity index (χ1) is 15.3. The molecule has 0 unspecified atom stereocenters. The molecule has 0 saturated heterocycles. The molecular formula is C24H15Br2Cl2NO3. The first kappa shape index (κ1) is 23.1. The summed E-state index contributed by atoms with van der Waals surface area (Å²) >= 11 is 19.1. The Morgan fingerprint density at radius 2 is 1.75 bits per heavy atom. The molecule has 1 heterocycles. The van der Waals surface area contributed by atoms with Crippen molar-refractivity contribution >= 4 is 73.0 Å². The number of halogens is 4. The number of benzene rings is 3. The molecule has 0 amide bonds. The molecule has 4 nitrogen and oxygen atoms in total. The van der Waals surface area contributed by atoms with E-state index in [-0.39, 0.29) is 5.70 Å². The van der Waals surface area contributed by atoms with Gasteiger partial charge in [0.05, 0.1) is 19.0 Å². The van der Waals surface area contributed by atoms with Crippen molar-refractivity contribution in [2.45, 2.75) is 13.5 Å². The number of cyclic esters (lactones) is 1. The molecule has 3 aromatic rings. The van der Waals surface area contributed by atoms with Gasteiger partial charge in [0.1, 0.15) is 12.4 Å². The molecule has 0 N–H and O–H groups in total. The van der Waals surface area contributed by atoms with Crippen molar-refractivity contribution in [2.24, 2.45) is 4.99 Å². The van der Waals surface area contributed by atoms with Crippen LogP contribution in [-0.2, 0) is 16.1 Å². The Labute approximate surface area is 212 Å². The number of aryl methyl sites for hydroxylation is 1. The summed E-state index contributed by atoms with van der Waals surface area (Å²) in [4.78, 5) is 16.7. The van der Waals surface area contributed by atoms with Gasteiger partial charge in [0.15, 0.2) is 5.70 Å². The first-order valence-electron chi connectivity index (χ1n) is 9.46. The zero-order valence-electron chi connectivity index (χ0n) is 16.7. The van der Waals surface area contributed by atoms with Gasteiger partial charge in [-0.15, -0.1) is 0 Å². The molecule has 0 atom stereocenters. The molecule has 0 bridgehead atoms. The number of ether oxygens (including phenoxy) is 2. The molecule has 0 aliphatic carbocycles. The fraction of sp³-hybridized carbons (Fsp3) is 0.0833. The Kier molecular flexibility index (Phi) is 7.05. The van der Waals surface area contributed by atoms with Crippen LogP contribution in [0.5, 0.6) is 5.75 Å². The number of hydrogen-bond donors (Lipinski definition) is 0. The SMILES string of the molecule is Cc1ccccc1C1=N/C(=C\c2cc(Br)c(OCc3ccc(Cl)c(Cl)c3)c(Br)c2)C(=O)O1. The summed E-state index contributed by atoms with van der Waals surface area (Å²) in [7, 11) is 0. The average Bonchev–Trinajstić information content (AvgIpc) is 3.10. The molecule has 4 rings (SSSR count). The zero-order chi connectivity index (χ0) is 22.8. The predicted octanol–water partition coefficient (Wildman–Crippen LogP) is 7.75. The third-order valence-electron chi connectivity index (χ3n) is 4.69. The van der Waals surface area contributed by atoms with E-state index in [9.17, 15) is 4.79 Å². The smallest absolute Gasteiger partial charge is 0.363 e. The lowest BCUT2D eigenvalue weighted by atomic mass is 10.1. The van der Waals surface area contributed by atoms with E-state index in [0.717, 1.165) is 22.3 Å². The van der Waals surface area contributed by atoms with Crippen LogP contribution in [0, 0.1) is 6.92 Å². The fourth-order valence-corrected chi connectivity index (χ4v) is 4.85. The van der Waals surface area contributed by atoms with E-state index in [0.29, 0.717) is 37.2 Å². The fourth-order valence-electron chi connectivity index (χ4n) is 3.08. The minimum atomic E-state index is -0.490.